The Morgan fingerprint density at radius 2 is 1.71 bits per heavy atom. The molecule has 8 nitrogen and oxygen atoms in total. The molecule has 2 saturated heterocycles. The van der Waals surface area contributed by atoms with E-state index in [4.69, 9.17) is 0 Å². The van der Waals surface area contributed by atoms with Crippen molar-refractivity contribution in [3.8, 4) is 0 Å². The van der Waals surface area contributed by atoms with E-state index in [2.05, 4.69) is 10.4 Å². The molecule has 10 heteroatoms. The van der Waals surface area contributed by atoms with Gasteiger partial charge in [-0.3, -0.25) is 9.48 Å². The maximum absolute atomic E-state index is 12.5. The molecule has 1 aromatic heterocycles. The Kier molecular flexibility index (Phi) is 4.23. The van der Waals surface area contributed by atoms with E-state index >= 15 is 0 Å². The van der Waals surface area contributed by atoms with E-state index in [1.165, 1.54) is 0 Å². The molecule has 1 aromatic rings. The summed E-state index contributed by atoms with van der Waals surface area (Å²) in [6, 6.07) is -0.626. The van der Waals surface area contributed by atoms with Gasteiger partial charge < -0.3 is 5.32 Å². The monoisotopic (exact) mass is 375 g/mol. The average molecular weight is 375 g/mol. The fourth-order valence-corrected chi connectivity index (χ4v) is 6.85. The van der Waals surface area contributed by atoms with Crippen LogP contribution in [0.5, 0.6) is 0 Å². The van der Waals surface area contributed by atoms with Crippen molar-refractivity contribution in [3.63, 3.8) is 0 Å². The number of nitrogens with zero attached hydrogens (tertiary/aromatic N) is 2. The first kappa shape index (κ1) is 17.4. The van der Waals surface area contributed by atoms with Gasteiger partial charge in [-0.2, -0.15) is 5.10 Å². The lowest BCUT2D eigenvalue weighted by molar-refractivity contribution is 0.0939. The number of carbonyl (C=O) groups excluding carboxylic acids is 1. The number of sulfone groups is 2. The number of hydrogen-bond acceptors (Lipinski definition) is 6. The Hall–Kier alpha value is -1.42. The van der Waals surface area contributed by atoms with Gasteiger partial charge in [0.2, 0.25) is 0 Å². The van der Waals surface area contributed by atoms with Crippen molar-refractivity contribution in [2.75, 3.05) is 23.0 Å². The highest BCUT2D eigenvalue weighted by Crippen LogP contribution is 2.27. The highest BCUT2D eigenvalue weighted by atomic mass is 32.2. The predicted octanol–water partition coefficient (Wildman–Crippen LogP) is -0.224. The molecular formula is C14H21N3O5S2. The molecule has 0 spiro atoms. The topological polar surface area (TPSA) is 115 Å². The molecule has 1 N–H and O–H groups in total. The molecule has 134 valence electrons. The van der Waals surface area contributed by atoms with Gasteiger partial charge in [-0.25, -0.2) is 16.8 Å². The van der Waals surface area contributed by atoms with Gasteiger partial charge in [0.05, 0.1) is 40.3 Å². The molecular weight excluding hydrogens is 354 g/mol. The lowest BCUT2D eigenvalue weighted by Crippen LogP contribution is -2.36. The highest BCUT2D eigenvalue weighted by Gasteiger charge is 2.34. The molecule has 1 amide bonds. The highest BCUT2D eigenvalue weighted by molar-refractivity contribution is 7.91. The lowest BCUT2D eigenvalue weighted by Gasteiger charge is -2.13. The third-order valence-corrected chi connectivity index (χ3v) is 8.19. The summed E-state index contributed by atoms with van der Waals surface area (Å²) in [4.78, 5) is 12.5. The van der Waals surface area contributed by atoms with E-state index < -0.39 is 19.7 Å². The van der Waals surface area contributed by atoms with Crippen LogP contribution < -0.4 is 5.32 Å². The minimum atomic E-state index is -3.07. The van der Waals surface area contributed by atoms with Gasteiger partial charge >= 0.3 is 0 Å². The van der Waals surface area contributed by atoms with Crippen molar-refractivity contribution < 1.29 is 21.6 Å². The first-order valence-corrected chi connectivity index (χ1v) is 11.5. The molecule has 2 aliphatic heterocycles. The zero-order chi connectivity index (χ0) is 17.7. The summed E-state index contributed by atoms with van der Waals surface area (Å²) in [5.41, 5.74) is 1.55. The summed E-state index contributed by atoms with van der Waals surface area (Å²) in [6.07, 6.45) is 0.910. The van der Waals surface area contributed by atoms with Crippen LogP contribution in [-0.2, 0) is 19.7 Å². The molecule has 0 bridgehead atoms. The smallest absolute Gasteiger partial charge is 0.255 e. The fourth-order valence-electron chi connectivity index (χ4n) is 3.48. The Bertz CT molecular complexity index is 886. The predicted molar refractivity (Wildman–Crippen MR) is 88.5 cm³/mol. The van der Waals surface area contributed by atoms with E-state index in [1.807, 2.05) is 0 Å². The third kappa shape index (κ3) is 3.34. The third-order valence-electron chi connectivity index (χ3n) is 4.67. The number of rotatable bonds is 3. The quantitative estimate of drug-likeness (QED) is 0.781. The van der Waals surface area contributed by atoms with Gasteiger partial charge in [0.25, 0.3) is 5.91 Å². The van der Waals surface area contributed by atoms with Crippen molar-refractivity contribution in [3.05, 3.63) is 17.0 Å². The molecule has 3 heterocycles. The van der Waals surface area contributed by atoms with Gasteiger partial charge in [-0.05, 0) is 26.7 Å². The molecule has 2 atom stereocenters. The van der Waals surface area contributed by atoms with Crippen molar-refractivity contribution in [2.45, 2.75) is 38.8 Å². The van der Waals surface area contributed by atoms with E-state index in [-0.39, 0.29) is 41.0 Å². The van der Waals surface area contributed by atoms with Gasteiger partial charge in [-0.15, -0.1) is 0 Å². The normalized spacial score (nSPS) is 28.1. The lowest BCUT2D eigenvalue weighted by atomic mass is 10.1. The number of aryl methyl sites for hydroxylation is 1. The SMILES string of the molecule is Cc1nn([C@@H]2CCS(=O)(=O)C2)c(C)c1C(=O)N[C@H]1CCS(=O)(=O)C1. The van der Waals surface area contributed by atoms with Crippen LogP contribution in [0, 0.1) is 13.8 Å². The second-order valence-electron chi connectivity index (χ2n) is 6.62. The van der Waals surface area contributed by atoms with Gasteiger partial charge in [-0.1, -0.05) is 0 Å². The average Bonchev–Trinajstić information content (AvgIpc) is 3.06. The Morgan fingerprint density at radius 1 is 1.08 bits per heavy atom. The number of nitrogens with one attached hydrogen (secondary N) is 1. The van der Waals surface area contributed by atoms with Crippen LogP contribution >= 0.6 is 0 Å². The molecule has 2 aliphatic rings. The Morgan fingerprint density at radius 3 is 2.25 bits per heavy atom. The first-order valence-electron chi connectivity index (χ1n) is 7.85. The number of amides is 1. The minimum Gasteiger partial charge on any atom is -0.348 e. The number of aromatic nitrogens is 2. The van der Waals surface area contributed by atoms with Gasteiger partial charge in [0, 0.05) is 11.7 Å². The molecule has 0 radical (unpaired) electrons. The molecule has 2 fully saturated rings. The molecule has 0 aliphatic carbocycles. The van der Waals surface area contributed by atoms with Crippen molar-refractivity contribution in [1.82, 2.24) is 15.1 Å². The molecule has 0 unspecified atom stereocenters. The zero-order valence-electron chi connectivity index (χ0n) is 13.6. The van der Waals surface area contributed by atoms with Crippen LogP contribution in [0.3, 0.4) is 0 Å². The van der Waals surface area contributed by atoms with Crippen LogP contribution in [0.25, 0.3) is 0 Å². The largest absolute Gasteiger partial charge is 0.348 e. The van der Waals surface area contributed by atoms with Crippen LogP contribution in [0.15, 0.2) is 0 Å². The molecule has 3 rings (SSSR count). The second kappa shape index (κ2) is 5.83. The van der Waals surface area contributed by atoms with Crippen molar-refractivity contribution in [1.29, 1.82) is 0 Å². The maximum Gasteiger partial charge on any atom is 0.255 e. The van der Waals surface area contributed by atoms with E-state index in [0.717, 1.165) is 0 Å². The first-order chi connectivity index (χ1) is 11.1. The zero-order valence-corrected chi connectivity index (χ0v) is 15.3. The van der Waals surface area contributed by atoms with Gasteiger partial charge in [0.15, 0.2) is 19.7 Å². The van der Waals surface area contributed by atoms with Crippen LogP contribution in [0.4, 0.5) is 0 Å². The number of hydrogen-bond donors (Lipinski definition) is 1. The Labute approximate surface area is 141 Å². The summed E-state index contributed by atoms with van der Waals surface area (Å²) in [7, 11) is -6.11. The summed E-state index contributed by atoms with van der Waals surface area (Å²) < 4.78 is 48.0. The van der Waals surface area contributed by atoms with Crippen molar-refractivity contribution >= 4 is 25.6 Å². The number of carbonyl (C=O) groups is 1. The second-order valence-corrected chi connectivity index (χ2v) is 11.1. The van der Waals surface area contributed by atoms with Crippen LogP contribution in [0.1, 0.15) is 40.6 Å². The van der Waals surface area contributed by atoms with E-state index in [0.29, 0.717) is 29.8 Å². The summed E-state index contributed by atoms with van der Waals surface area (Å²) >= 11 is 0. The summed E-state index contributed by atoms with van der Waals surface area (Å²) in [6.45, 7) is 3.44. The standard InChI is InChI=1S/C14H21N3O5S2/c1-9-13(14(18)15-11-3-5-23(19,20)7-11)10(2)17(16-9)12-4-6-24(21,22)8-12/h11-12H,3-8H2,1-2H3,(H,15,18)/t11-,12+/m0/s1. The molecule has 0 saturated carbocycles. The summed E-state index contributed by atoms with van der Waals surface area (Å²) in [5.74, 6) is -0.116. The molecule has 0 aromatic carbocycles. The van der Waals surface area contributed by atoms with Crippen molar-refractivity contribution in [2.24, 2.45) is 0 Å². The minimum absolute atomic E-state index is 0.0359. The van der Waals surface area contributed by atoms with E-state index in [1.54, 1.807) is 18.5 Å². The van der Waals surface area contributed by atoms with E-state index in [9.17, 15) is 21.6 Å². The van der Waals surface area contributed by atoms with Gasteiger partial charge in [0.1, 0.15) is 0 Å². The Balaban J connectivity index is 1.80. The fraction of sp³-hybridized carbons (Fsp3) is 0.714. The maximum atomic E-state index is 12.5. The van der Waals surface area contributed by atoms with Crippen LogP contribution in [0.2, 0.25) is 0 Å². The van der Waals surface area contributed by atoms with Crippen LogP contribution in [-0.4, -0.2) is 61.6 Å². The molecule has 24 heavy (non-hydrogen) atoms. The summed E-state index contributed by atoms with van der Waals surface area (Å²) in [5, 5.41) is 7.12.